The van der Waals surface area contributed by atoms with Gasteiger partial charge in [0.25, 0.3) is 0 Å². The van der Waals surface area contributed by atoms with Crippen LogP contribution in [0.15, 0.2) is 0 Å². The molecule has 0 aromatic carbocycles. The van der Waals surface area contributed by atoms with Crippen LogP contribution in [0.4, 0.5) is 9.59 Å². The van der Waals surface area contributed by atoms with Crippen molar-refractivity contribution in [2.75, 3.05) is 13.2 Å². The zero-order valence-corrected chi connectivity index (χ0v) is 16.2. The van der Waals surface area contributed by atoms with Gasteiger partial charge in [-0.15, -0.1) is 0 Å². The van der Waals surface area contributed by atoms with Gasteiger partial charge in [-0.1, -0.05) is 66.2 Å². The zero-order valence-electron chi connectivity index (χ0n) is 16.2. The van der Waals surface area contributed by atoms with Gasteiger partial charge in [-0.3, -0.25) is 0 Å². The van der Waals surface area contributed by atoms with Gasteiger partial charge < -0.3 is 14.9 Å². The Morgan fingerprint density at radius 1 is 0.760 bits per heavy atom. The Kier molecular flexibility index (Phi) is 19.7. The average Bonchev–Trinajstić information content (AvgIpc) is 2.56. The van der Waals surface area contributed by atoms with Crippen molar-refractivity contribution in [1.29, 1.82) is 0 Å². The summed E-state index contributed by atoms with van der Waals surface area (Å²) in [7, 11) is 0. The van der Waals surface area contributed by atoms with Crippen LogP contribution in [0.5, 0.6) is 0 Å². The number of rotatable bonds is 13. The lowest BCUT2D eigenvalue weighted by Gasteiger charge is -2.16. The first-order valence-electron chi connectivity index (χ1n) is 9.29. The van der Waals surface area contributed by atoms with E-state index in [4.69, 9.17) is 20.0 Å². The van der Waals surface area contributed by atoms with Gasteiger partial charge in [0.2, 0.25) is 0 Å². The molecule has 0 aromatic rings. The van der Waals surface area contributed by atoms with Gasteiger partial charge in [0, 0.05) is 0 Å². The summed E-state index contributed by atoms with van der Waals surface area (Å²) in [6, 6.07) is 0. The van der Waals surface area contributed by atoms with Gasteiger partial charge in [0.05, 0.1) is 13.2 Å². The second-order valence-electron chi connectivity index (χ2n) is 6.04. The van der Waals surface area contributed by atoms with Crippen LogP contribution in [0, 0.1) is 11.8 Å². The van der Waals surface area contributed by atoms with E-state index < -0.39 is 12.3 Å². The molecule has 0 heterocycles. The predicted octanol–water partition coefficient (Wildman–Crippen LogP) is 5.73. The molecule has 0 rings (SSSR count). The Bertz CT molecular complexity index is 291. The van der Waals surface area contributed by atoms with E-state index in [9.17, 15) is 9.59 Å². The minimum absolute atomic E-state index is 0.667. The van der Waals surface area contributed by atoms with Crippen LogP contribution >= 0.6 is 0 Å². The zero-order chi connectivity index (χ0) is 19.5. The Labute approximate surface area is 151 Å². The summed E-state index contributed by atoms with van der Waals surface area (Å²) < 4.78 is 3.08. The van der Waals surface area contributed by atoms with Crippen molar-refractivity contribution in [3.63, 3.8) is 0 Å². The highest BCUT2D eigenvalue weighted by Crippen LogP contribution is 2.15. The number of hydrogen-bond acceptors (Lipinski definition) is 5. The van der Waals surface area contributed by atoms with E-state index in [2.05, 4.69) is 32.4 Å². The summed E-state index contributed by atoms with van der Waals surface area (Å²) in [5.74, 6) is 1.33. The lowest BCUT2D eigenvalue weighted by Crippen LogP contribution is -2.13. The van der Waals surface area contributed by atoms with Gasteiger partial charge in [0.15, 0.2) is 0 Å². The first-order valence-corrected chi connectivity index (χ1v) is 9.29. The summed E-state index contributed by atoms with van der Waals surface area (Å²) >= 11 is 0. The highest BCUT2D eigenvalue weighted by molar-refractivity contribution is 5.74. The lowest BCUT2D eigenvalue weighted by atomic mass is 10.0. The van der Waals surface area contributed by atoms with Crippen LogP contribution in [0.1, 0.15) is 79.1 Å². The third-order valence-electron chi connectivity index (χ3n) is 3.95. The lowest BCUT2D eigenvalue weighted by molar-refractivity contribution is -0.308. The molecule has 7 nitrogen and oxygen atoms in total. The fraction of sp³-hybridized carbons (Fsp3) is 0.889. The third-order valence-corrected chi connectivity index (χ3v) is 3.95. The molecule has 0 radical (unpaired) electrons. The molecular formula is C18H36O7. The third kappa shape index (κ3) is 20.6. The molecular weight excluding hydrogens is 328 g/mol. The van der Waals surface area contributed by atoms with Crippen molar-refractivity contribution in [3.8, 4) is 0 Å². The fourth-order valence-corrected chi connectivity index (χ4v) is 2.16. The molecule has 0 aliphatic heterocycles. The summed E-state index contributed by atoms with van der Waals surface area (Å²) in [6.07, 6.45) is 6.43. The van der Waals surface area contributed by atoms with Crippen LogP contribution < -0.4 is 0 Å². The molecule has 0 aromatic heterocycles. The maximum absolute atomic E-state index is 9.21. The highest BCUT2D eigenvalue weighted by atomic mass is 17.2. The SMILES string of the molecule is CCCCC(CC)COOCC(CC)CCCC.O=C(O)OC(=O)O. The number of unbranched alkanes of at least 4 members (excludes halogenated alkanes) is 2. The van der Waals surface area contributed by atoms with Crippen LogP contribution in [0.25, 0.3) is 0 Å². The first-order chi connectivity index (χ1) is 11.9. The summed E-state index contributed by atoms with van der Waals surface area (Å²) in [6.45, 7) is 10.5. The van der Waals surface area contributed by atoms with E-state index in [1.807, 2.05) is 0 Å². The number of carbonyl (C=O) groups is 2. The Balaban J connectivity index is 0. The monoisotopic (exact) mass is 364 g/mol. The largest absolute Gasteiger partial charge is 0.516 e. The molecule has 0 fully saturated rings. The maximum Gasteiger partial charge on any atom is 0.516 e. The van der Waals surface area contributed by atoms with E-state index in [0.717, 1.165) is 13.2 Å². The van der Waals surface area contributed by atoms with E-state index >= 15 is 0 Å². The van der Waals surface area contributed by atoms with Crippen molar-refractivity contribution < 1.29 is 34.3 Å². The van der Waals surface area contributed by atoms with Gasteiger partial charge in [-0.2, -0.15) is 0 Å². The molecule has 2 unspecified atom stereocenters. The van der Waals surface area contributed by atoms with Gasteiger partial charge >= 0.3 is 12.3 Å². The van der Waals surface area contributed by atoms with Gasteiger partial charge in [0.1, 0.15) is 0 Å². The van der Waals surface area contributed by atoms with Crippen LogP contribution in [-0.2, 0) is 14.5 Å². The van der Waals surface area contributed by atoms with E-state index in [1.165, 1.54) is 51.4 Å². The molecule has 25 heavy (non-hydrogen) atoms. The fourth-order valence-electron chi connectivity index (χ4n) is 2.16. The average molecular weight is 364 g/mol. The Hall–Kier alpha value is -1.34. The van der Waals surface area contributed by atoms with Crippen LogP contribution in [0.3, 0.4) is 0 Å². The summed E-state index contributed by atoms with van der Waals surface area (Å²) in [4.78, 5) is 29.2. The molecule has 0 bridgehead atoms. The maximum atomic E-state index is 9.21. The number of carboxylic acid groups (broad SMARTS) is 2. The number of ether oxygens (including phenoxy) is 1. The number of hydrogen-bond donors (Lipinski definition) is 2. The minimum atomic E-state index is -1.81. The summed E-state index contributed by atoms with van der Waals surface area (Å²) in [5, 5.41) is 15.0. The minimum Gasteiger partial charge on any atom is -0.449 e. The second kappa shape index (κ2) is 19.0. The Morgan fingerprint density at radius 2 is 1.12 bits per heavy atom. The van der Waals surface area contributed by atoms with E-state index in [-0.39, 0.29) is 0 Å². The normalized spacial score (nSPS) is 12.6. The van der Waals surface area contributed by atoms with Crippen molar-refractivity contribution >= 4 is 12.3 Å². The first kappa shape index (κ1) is 25.9. The molecule has 150 valence electrons. The van der Waals surface area contributed by atoms with E-state index in [0.29, 0.717) is 11.8 Å². The Morgan fingerprint density at radius 3 is 1.32 bits per heavy atom. The molecule has 2 atom stereocenters. The quantitative estimate of drug-likeness (QED) is 0.141. The van der Waals surface area contributed by atoms with Crippen molar-refractivity contribution in [2.24, 2.45) is 11.8 Å². The van der Waals surface area contributed by atoms with Gasteiger partial charge in [-0.25, -0.2) is 19.4 Å². The predicted molar refractivity (Wildman–Crippen MR) is 95.7 cm³/mol. The second-order valence-corrected chi connectivity index (χ2v) is 6.04. The molecule has 0 amide bonds. The van der Waals surface area contributed by atoms with Crippen molar-refractivity contribution in [2.45, 2.75) is 79.1 Å². The van der Waals surface area contributed by atoms with Crippen LogP contribution in [0.2, 0.25) is 0 Å². The molecule has 0 spiro atoms. The van der Waals surface area contributed by atoms with Crippen molar-refractivity contribution in [1.82, 2.24) is 0 Å². The molecule has 0 aliphatic rings. The van der Waals surface area contributed by atoms with E-state index in [1.54, 1.807) is 0 Å². The van der Waals surface area contributed by atoms with Crippen LogP contribution in [-0.4, -0.2) is 35.7 Å². The molecule has 0 saturated carbocycles. The topological polar surface area (TPSA) is 102 Å². The highest BCUT2D eigenvalue weighted by Gasteiger charge is 2.09. The molecule has 2 N–H and O–H groups in total. The smallest absolute Gasteiger partial charge is 0.449 e. The van der Waals surface area contributed by atoms with Gasteiger partial charge in [-0.05, 0) is 24.7 Å². The van der Waals surface area contributed by atoms with Crippen molar-refractivity contribution in [3.05, 3.63) is 0 Å². The molecule has 0 saturated heterocycles. The standard InChI is InChI=1S/C16H34O2.C2H2O5/c1-5-9-11-15(7-3)13-17-18-14-16(8-4)12-10-6-2;3-1(4)7-2(5)6/h15-16H,5-14H2,1-4H3;(H,3,4)(H,5,6). The summed E-state index contributed by atoms with van der Waals surface area (Å²) in [5.41, 5.74) is 0. The molecule has 0 aliphatic carbocycles. The molecule has 7 heteroatoms.